The molecule has 0 aliphatic heterocycles. The van der Waals surface area contributed by atoms with Gasteiger partial charge in [0.1, 0.15) is 11.5 Å². The van der Waals surface area contributed by atoms with Gasteiger partial charge < -0.3 is 19.7 Å². The number of aliphatic carboxylic acids is 1. The molecular weight excluding hydrogens is 394 g/mol. The van der Waals surface area contributed by atoms with Gasteiger partial charge in [0.2, 0.25) is 0 Å². The minimum absolute atomic E-state index is 0.100. The quantitative estimate of drug-likeness (QED) is 0.367. The van der Waals surface area contributed by atoms with Gasteiger partial charge in [-0.25, -0.2) is 0 Å². The molecule has 6 nitrogen and oxygen atoms in total. The lowest BCUT2D eigenvalue weighted by Crippen LogP contribution is -2.05. The molecule has 31 heavy (non-hydrogen) atoms. The van der Waals surface area contributed by atoms with Crippen LogP contribution >= 0.6 is 0 Å². The average Bonchev–Trinajstić information content (AvgIpc) is 2.78. The standard InChI is InChI=1S/C25H35NO5/c1-30-22-15-12-20(13-16-22)9-6-4-2-3-5-7-18-31-24-17-14-21(19-27)26-23(24)10-8-11-25(28)29/h12-17,27H,2-11,18-19H2,1H3,(H,28,29). The van der Waals surface area contributed by atoms with Crippen LogP contribution in [0.15, 0.2) is 36.4 Å². The van der Waals surface area contributed by atoms with Crippen molar-refractivity contribution in [1.82, 2.24) is 4.98 Å². The fourth-order valence-electron chi connectivity index (χ4n) is 3.45. The fraction of sp³-hybridized carbons (Fsp3) is 0.520. The number of ether oxygens (including phenoxy) is 2. The van der Waals surface area contributed by atoms with Gasteiger partial charge in [0.25, 0.3) is 0 Å². The molecule has 0 unspecified atom stereocenters. The molecule has 2 rings (SSSR count). The number of methoxy groups -OCH3 is 1. The number of aliphatic hydroxyl groups is 1. The predicted molar refractivity (Wildman–Crippen MR) is 121 cm³/mol. The third kappa shape index (κ3) is 9.83. The second-order valence-corrected chi connectivity index (χ2v) is 7.72. The molecule has 0 spiro atoms. The number of rotatable bonds is 16. The van der Waals surface area contributed by atoms with E-state index in [1.807, 2.05) is 18.2 Å². The van der Waals surface area contributed by atoms with E-state index in [2.05, 4.69) is 17.1 Å². The van der Waals surface area contributed by atoms with E-state index in [9.17, 15) is 9.90 Å². The molecule has 0 aliphatic rings. The van der Waals surface area contributed by atoms with Crippen molar-refractivity contribution in [3.05, 3.63) is 53.3 Å². The number of carbonyl (C=O) groups is 1. The Labute approximate surface area is 185 Å². The molecule has 1 heterocycles. The van der Waals surface area contributed by atoms with Crippen LogP contribution in [0.3, 0.4) is 0 Å². The van der Waals surface area contributed by atoms with Gasteiger partial charge in [-0.3, -0.25) is 9.78 Å². The number of hydrogen-bond donors (Lipinski definition) is 2. The first-order valence-electron chi connectivity index (χ1n) is 11.2. The Bertz CT molecular complexity index is 776. The number of aromatic nitrogens is 1. The monoisotopic (exact) mass is 429 g/mol. The molecule has 0 bridgehead atoms. The van der Waals surface area contributed by atoms with Crippen molar-refractivity contribution in [2.24, 2.45) is 0 Å². The van der Waals surface area contributed by atoms with Crippen molar-refractivity contribution in [3.63, 3.8) is 0 Å². The third-order valence-corrected chi connectivity index (χ3v) is 5.23. The normalized spacial score (nSPS) is 10.8. The molecule has 0 fully saturated rings. The van der Waals surface area contributed by atoms with E-state index in [1.165, 1.54) is 31.2 Å². The Balaban J connectivity index is 1.59. The summed E-state index contributed by atoms with van der Waals surface area (Å²) in [5.74, 6) is 0.783. The number of aliphatic hydroxyl groups excluding tert-OH is 1. The molecule has 0 saturated heterocycles. The number of pyridine rings is 1. The summed E-state index contributed by atoms with van der Waals surface area (Å²) >= 11 is 0. The third-order valence-electron chi connectivity index (χ3n) is 5.23. The van der Waals surface area contributed by atoms with Gasteiger partial charge in [0, 0.05) is 6.42 Å². The maximum atomic E-state index is 10.7. The summed E-state index contributed by atoms with van der Waals surface area (Å²) in [6, 6.07) is 11.9. The van der Waals surface area contributed by atoms with E-state index < -0.39 is 5.97 Å². The lowest BCUT2D eigenvalue weighted by molar-refractivity contribution is -0.137. The number of unbranched alkanes of at least 4 members (excludes halogenated alkanes) is 5. The highest BCUT2D eigenvalue weighted by molar-refractivity contribution is 5.66. The van der Waals surface area contributed by atoms with Crippen LogP contribution in [0.25, 0.3) is 0 Å². The van der Waals surface area contributed by atoms with Gasteiger partial charge in [-0.05, 0) is 61.9 Å². The molecule has 2 aromatic rings. The van der Waals surface area contributed by atoms with E-state index in [0.717, 1.165) is 30.7 Å². The molecular formula is C25H35NO5. The molecule has 170 valence electrons. The van der Waals surface area contributed by atoms with Crippen LogP contribution in [0.2, 0.25) is 0 Å². The Morgan fingerprint density at radius 3 is 2.29 bits per heavy atom. The topological polar surface area (TPSA) is 88.9 Å². The van der Waals surface area contributed by atoms with E-state index in [-0.39, 0.29) is 13.0 Å². The van der Waals surface area contributed by atoms with Crippen LogP contribution in [0.5, 0.6) is 11.5 Å². The van der Waals surface area contributed by atoms with Crippen LogP contribution < -0.4 is 9.47 Å². The highest BCUT2D eigenvalue weighted by atomic mass is 16.5. The highest BCUT2D eigenvalue weighted by Crippen LogP contribution is 2.20. The Morgan fingerprint density at radius 2 is 1.61 bits per heavy atom. The van der Waals surface area contributed by atoms with Crippen LogP contribution in [-0.2, 0) is 24.2 Å². The molecule has 6 heteroatoms. The number of hydrogen-bond acceptors (Lipinski definition) is 5. The van der Waals surface area contributed by atoms with Crippen molar-refractivity contribution in [2.45, 2.75) is 70.8 Å². The second-order valence-electron chi connectivity index (χ2n) is 7.72. The first-order valence-corrected chi connectivity index (χ1v) is 11.2. The van der Waals surface area contributed by atoms with Crippen molar-refractivity contribution in [1.29, 1.82) is 0 Å². The van der Waals surface area contributed by atoms with Crippen LogP contribution in [0.4, 0.5) is 0 Å². The first kappa shape index (κ1) is 24.7. The summed E-state index contributed by atoms with van der Waals surface area (Å²) in [5, 5.41) is 18.1. The zero-order chi connectivity index (χ0) is 22.3. The van der Waals surface area contributed by atoms with E-state index in [0.29, 0.717) is 30.9 Å². The number of benzene rings is 1. The number of aryl methyl sites for hydroxylation is 2. The largest absolute Gasteiger partial charge is 0.497 e. The summed E-state index contributed by atoms with van der Waals surface area (Å²) < 4.78 is 11.1. The number of carboxylic acid groups (broad SMARTS) is 1. The van der Waals surface area contributed by atoms with E-state index in [1.54, 1.807) is 13.2 Å². The summed E-state index contributed by atoms with van der Waals surface area (Å²) in [6.45, 7) is 0.489. The van der Waals surface area contributed by atoms with Gasteiger partial charge in [-0.2, -0.15) is 0 Å². The van der Waals surface area contributed by atoms with E-state index >= 15 is 0 Å². The van der Waals surface area contributed by atoms with Crippen molar-refractivity contribution < 1.29 is 24.5 Å². The minimum Gasteiger partial charge on any atom is -0.497 e. The molecule has 0 aliphatic carbocycles. The van der Waals surface area contributed by atoms with Crippen LogP contribution in [-0.4, -0.2) is 34.9 Å². The van der Waals surface area contributed by atoms with Gasteiger partial charge in [-0.1, -0.05) is 37.8 Å². The molecule has 1 aromatic carbocycles. The average molecular weight is 430 g/mol. The summed E-state index contributed by atoms with van der Waals surface area (Å²) in [5.41, 5.74) is 2.66. The second kappa shape index (κ2) is 14.4. The number of carboxylic acids is 1. The van der Waals surface area contributed by atoms with Crippen LogP contribution in [0.1, 0.15) is 68.3 Å². The lowest BCUT2D eigenvalue weighted by Gasteiger charge is -2.12. The van der Waals surface area contributed by atoms with Gasteiger partial charge in [-0.15, -0.1) is 0 Å². The Hall–Kier alpha value is -2.60. The highest BCUT2D eigenvalue weighted by Gasteiger charge is 2.08. The van der Waals surface area contributed by atoms with Crippen molar-refractivity contribution >= 4 is 5.97 Å². The predicted octanol–water partition coefficient (Wildman–Crippen LogP) is 4.95. The maximum Gasteiger partial charge on any atom is 0.303 e. The summed E-state index contributed by atoms with van der Waals surface area (Å²) in [6.07, 6.45) is 9.19. The van der Waals surface area contributed by atoms with Crippen LogP contribution in [0, 0.1) is 0 Å². The first-order chi connectivity index (χ1) is 15.1. The van der Waals surface area contributed by atoms with Crippen molar-refractivity contribution in [3.8, 4) is 11.5 Å². The SMILES string of the molecule is COc1ccc(CCCCCCCCOc2ccc(CO)nc2CCCC(=O)O)cc1. The van der Waals surface area contributed by atoms with Crippen molar-refractivity contribution in [2.75, 3.05) is 13.7 Å². The summed E-state index contributed by atoms with van der Waals surface area (Å²) in [7, 11) is 1.69. The van der Waals surface area contributed by atoms with E-state index in [4.69, 9.17) is 14.6 Å². The smallest absolute Gasteiger partial charge is 0.303 e. The molecule has 0 radical (unpaired) electrons. The summed E-state index contributed by atoms with van der Waals surface area (Å²) in [4.78, 5) is 15.1. The fourth-order valence-corrected chi connectivity index (χ4v) is 3.45. The van der Waals surface area contributed by atoms with Gasteiger partial charge in [0.05, 0.1) is 31.7 Å². The molecule has 2 N–H and O–H groups in total. The minimum atomic E-state index is -0.815. The zero-order valence-corrected chi connectivity index (χ0v) is 18.5. The van der Waals surface area contributed by atoms with Gasteiger partial charge in [0.15, 0.2) is 0 Å². The maximum absolute atomic E-state index is 10.7. The number of nitrogens with zero attached hydrogens (tertiary/aromatic N) is 1. The zero-order valence-electron chi connectivity index (χ0n) is 18.5. The molecule has 0 atom stereocenters. The molecule has 0 amide bonds. The molecule has 1 aromatic heterocycles. The van der Waals surface area contributed by atoms with Gasteiger partial charge >= 0.3 is 5.97 Å². The lowest BCUT2D eigenvalue weighted by atomic mass is 10.0. The molecule has 0 saturated carbocycles. The Kier molecular flexibility index (Phi) is 11.5. The Morgan fingerprint density at radius 1 is 0.903 bits per heavy atom.